The summed E-state index contributed by atoms with van der Waals surface area (Å²) < 4.78 is 5.00. The van der Waals surface area contributed by atoms with Gasteiger partial charge in [0.15, 0.2) is 0 Å². The van der Waals surface area contributed by atoms with Gasteiger partial charge in [0.25, 0.3) is 5.91 Å². The van der Waals surface area contributed by atoms with Crippen LogP contribution in [0.3, 0.4) is 0 Å². The summed E-state index contributed by atoms with van der Waals surface area (Å²) >= 11 is 0. The zero-order valence-corrected chi connectivity index (χ0v) is 11.5. The van der Waals surface area contributed by atoms with Crippen molar-refractivity contribution >= 4 is 11.9 Å². The van der Waals surface area contributed by atoms with Gasteiger partial charge in [0, 0.05) is 33.0 Å². The second kappa shape index (κ2) is 6.04. The lowest BCUT2D eigenvalue weighted by Gasteiger charge is -2.39. The lowest BCUT2D eigenvalue weighted by atomic mass is 9.77. The van der Waals surface area contributed by atoms with Crippen molar-refractivity contribution in [1.29, 1.82) is 0 Å². The highest BCUT2D eigenvalue weighted by molar-refractivity contribution is 5.92. The Balaban J connectivity index is 2.13. The number of piperidine rings is 1. The first-order valence-electron chi connectivity index (χ1n) is 6.60. The van der Waals surface area contributed by atoms with Crippen LogP contribution in [0.4, 0.5) is 0 Å². The molecule has 0 unspecified atom stereocenters. The molecule has 7 nitrogen and oxygen atoms in total. The van der Waals surface area contributed by atoms with Gasteiger partial charge in [0.2, 0.25) is 0 Å². The molecule has 0 spiro atoms. The van der Waals surface area contributed by atoms with E-state index in [0.29, 0.717) is 38.1 Å². The van der Waals surface area contributed by atoms with Gasteiger partial charge >= 0.3 is 5.97 Å². The molecule has 1 atom stereocenters. The van der Waals surface area contributed by atoms with E-state index in [0.717, 1.165) is 0 Å². The van der Waals surface area contributed by atoms with Gasteiger partial charge in [-0.25, -0.2) is 0 Å². The van der Waals surface area contributed by atoms with E-state index in [1.54, 1.807) is 18.1 Å². The molecule has 0 bridgehead atoms. The van der Waals surface area contributed by atoms with Crippen molar-refractivity contribution in [2.24, 2.45) is 5.41 Å². The molecule has 110 valence electrons. The molecule has 2 rings (SSSR count). The Labute approximate surface area is 116 Å². The average Bonchev–Trinajstić information content (AvgIpc) is 2.98. The van der Waals surface area contributed by atoms with Gasteiger partial charge in [0.1, 0.15) is 5.69 Å². The number of methoxy groups -OCH3 is 1. The number of H-pyrrole nitrogens is 1. The van der Waals surface area contributed by atoms with Gasteiger partial charge in [-0.15, -0.1) is 0 Å². The third-order valence-electron chi connectivity index (χ3n) is 3.83. The molecule has 2 heterocycles. The summed E-state index contributed by atoms with van der Waals surface area (Å²) in [6.07, 6.45) is 3.16. The number of carboxylic acid groups (broad SMARTS) is 1. The Morgan fingerprint density at radius 2 is 2.40 bits per heavy atom. The van der Waals surface area contributed by atoms with Gasteiger partial charge in [-0.3, -0.25) is 14.7 Å². The lowest BCUT2D eigenvalue weighted by molar-refractivity contribution is -0.153. The smallest absolute Gasteiger partial charge is 0.311 e. The summed E-state index contributed by atoms with van der Waals surface area (Å²) in [6, 6.07) is 1.59. The van der Waals surface area contributed by atoms with Crippen LogP contribution in [0.5, 0.6) is 0 Å². The molecule has 0 radical (unpaired) electrons. The van der Waals surface area contributed by atoms with Crippen molar-refractivity contribution in [2.45, 2.75) is 19.3 Å². The number of aliphatic carboxylic acids is 1. The van der Waals surface area contributed by atoms with Crippen molar-refractivity contribution in [3.05, 3.63) is 18.0 Å². The van der Waals surface area contributed by atoms with Gasteiger partial charge < -0.3 is 14.7 Å². The Morgan fingerprint density at radius 3 is 3.00 bits per heavy atom. The molecule has 1 amide bonds. The highest BCUT2D eigenvalue weighted by atomic mass is 16.5. The molecule has 1 aliphatic rings. The van der Waals surface area contributed by atoms with E-state index in [1.807, 2.05) is 0 Å². The molecular formula is C13H19N3O4. The molecule has 0 saturated carbocycles. The summed E-state index contributed by atoms with van der Waals surface area (Å²) in [4.78, 5) is 25.5. The van der Waals surface area contributed by atoms with Crippen molar-refractivity contribution in [2.75, 3.05) is 26.8 Å². The van der Waals surface area contributed by atoms with Crippen LogP contribution in [0.15, 0.2) is 12.3 Å². The molecule has 1 fully saturated rings. The topological polar surface area (TPSA) is 95.5 Å². The number of carbonyl (C=O) groups is 2. The zero-order valence-electron chi connectivity index (χ0n) is 11.5. The summed E-state index contributed by atoms with van der Waals surface area (Å²) in [7, 11) is 1.55. The van der Waals surface area contributed by atoms with Crippen LogP contribution in [0.1, 0.15) is 29.8 Å². The predicted octanol–water partition coefficient (Wildman–Crippen LogP) is 0.753. The van der Waals surface area contributed by atoms with Crippen LogP contribution in [-0.2, 0) is 9.53 Å². The van der Waals surface area contributed by atoms with E-state index in [2.05, 4.69) is 10.2 Å². The fraction of sp³-hybridized carbons (Fsp3) is 0.615. The maximum absolute atomic E-state index is 12.3. The zero-order chi connectivity index (χ0) is 14.6. The molecule has 0 aromatic carbocycles. The number of rotatable bonds is 5. The van der Waals surface area contributed by atoms with Crippen LogP contribution in [0, 0.1) is 5.41 Å². The van der Waals surface area contributed by atoms with E-state index in [1.165, 1.54) is 6.20 Å². The highest BCUT2D eigenvalue weighted by Gasteiger charge is 2.43. The summed E-state index contributed by atoms with van der Waals surface area (Å²) in [5.74, 6) is -1.07. The van der Waals surface area contributed by atoms with Crippen molar-refractivity contribution in [3.8, 4) is 0 Å². The standard InChI is InChI=1S/C13H19N3O4/c1-20-8-5-13(12(18)19)4-2-7-16(9-13)11(17)10-3-6-14-15-10/h3,6H,2,4-5,7-9H2,1H3,(H,14,15)(H,18,19)/t13-/m0/s1. The fourth-order valence-electron chi connectivity index (χ4n) is 2.63. The highest BCUT2D eigenvalue weighted by Crippen LogP contribution is 2.34. The van der Waals surface area contributed by atoms with Crippen LogP contribution >= 0.6 is 0 Å². The SMILES string of the molecule is COCC[C@@]1(C(=O)O)CCCN(C(=O)c2ccn[nH]2)C1. The Bertz CT molecular complexity index is 474. The van der Waals surface area contributed by atoms with Crippen LogP contribution < -0.4 is 0 Å². The molecule has 2 N–H and O–H groups in total. The molecule has 1 aromatic heterocycles. The second-order valence-corrected chi connectivity index (χ2v) is 5.13. The van der Waals surface area contributed by atoms with Gasteiger partial charge in [-0.2, -0.15) is 5.10 Å². The van der Waals surface area contributed by atoms with E-state index in [9.17, 15) is 14.7 Å². The quantitative estimate of drug-likeness (QED) is 0.830. The number of amides is 1. The largest absolute Gasteiger partial charge is 0.481 e. The monoisotopic (exact) mass is 281 g/mol. The number of likely N-dealkylation sites (tertiary alicyclic amines) is 1. The molecular weight excluding hydrogens is 262 g/mol. The van der Waals surface area contributed by atoms with E-state index in [-0.39, 0.29) is 12.5 Å². The predicted molar refractivity (Wildman–Crippen MR) is 70.3 cm³/mol. The molecule has 1 aromatic rings. The van der Waals surface area contributed by atoms with Gasteiger partial charge in [-0.05, 0) is 25.3 Å². The Morgan fingerprint density at radius 1 is 1.60 bits per heavy atom. The first-order chi connectivity index (χ1) is 9.59. The van der Waals surface area contributed by atoms with Crippen LogP contribution in [-0.4, -0.2) is 58.9 Å². The van der Waals surface area contributed by atoms with Gasteiger partial charge in [0.05, 0.1) is 5.41 Å². The Hall–Kier alpha value is -1.89. The molecule has 20 heavy (non-hydrogen) atoms. The summed E-state index contributed by atoms with van der Waals surface area (Å²) in [5, 5.41) is 15.9. The number of carbonyl (C=O) groups excluding carboxylic acids is 1. The minimum atomic E-state index is -0.913. The van der Waals surface area contributed by atoms with Crippen molar-refractivity contribution in [1.82, 2.24) is 15.1 Å². The van der Waals surface area contributed by atoms with E-state index >= 15 is 0 Å². The number of nitrogens with zero attached hydrogens (tertiary/aromatic N) is 2. The average molecular weight is 281 g/mol. The second-order valence-electron chi connectivity index (χ2n) is 5.13. The molecule has 7 heteroatoms. The number of ether oxygens (including phenoxy) is 1. The third-order valence-corrected chi connectivity index (χ3v) is 3.83. The van der Waals surface area contributed by atoms with Crippen LogP contribution in [0.25, 0.3) is 0 Å². The van der Waals surface area contributed by atoms with E-state index < -0.39 is 11.4 Å². The minimum Gasteiger partial charge on any atom is -0.481 e. The maximum atomic E-state index is 12.3. The fourth-order valence-corrected chi connectivity index (χ4v) is 2.63. The molecule has 1 saturated heterocycles. The summed E-state index contributed by atoms with van der Waals surface area (Å²) in [6.45, 7) is 1.15. The normalized spacial score (nSPS) is 22.8. The minimum absolute atomic E-state index is 0.203. The first-order valence-corrected chi connectivity index (χ1v) is 6.60. The number of hydrogen-bond acceptors (Lipinski definition) is 4. The van der Waals surface area contributed by atoms with E-state index in [4.69, 9.17) is 4.74 Å². The van der Waals surface area contributed by atoms with Gasteiger partial charge in [-0.1, -0.05) is 0 Å². The number of aromatic nitrogens is 2. The maximum Gasteiger partial charge on any atom is 0.311 e. The Kier molecular flexibility index (Phi) is 4.39. The van der Waals surface area contributed by atoms with Crippen LogP contribution in [0.2, 0.25) is 0 Å². The number of nitrogens with one attached hydrogen (secondary N) is 1. The number of hydrogen-bond donors (Lipinski definition) is 2. The van der Waals surface area contributed by atoms with Crippen molar-refractivity contribution < 1.29 is 19.4 Å². The molecule has 1 aliphatic heterocycles. The van der Waals surface area contributed by atoms with Crippen molar-refractivity contribution in [3.63, 3.8) is 0 Å². The number of aromatic amines is 1. The summed E-state index contributed by atoms with van der Waals surface area (Å²) in [5.41, 5.74) is -0.526. The lowest BCUT2D eigenvalue weighted by Crippen LogP contribution is -2.50. The number of carboxylic acids is 1. The first kappa shape index (κ1) is 14.5. The third kappa shape index (κ3) is 2.82. The molecule has 0 aliphatic carbocycles.